The van der Waals surface area contributed by atoms with E-state index in [4.69, 9.17) is 15.4 Å². The van der Waals surface area contributed by atoms with Gasteiger partial charge in [-0.1, -0.05) is 5.16 Å². The molecule has 0 fully saturated rings. The van der Waals surface area contributed by atoms with Gasteiger partial charge in [-0.3, -0.25) is 0 Å². The molecule has 4 nitrogen and oxygen atoms in total. The Hall–Kier alpha value is -0.610. The van der Waals surface area contributed by atoms with Gasteiger partial charge in [-0.05, 0) is 0 Å². The highest BCUT2D eigenvalue weighted by atomic mass is 16.4. The van der Waals surface area contributed by atoms with Gasteiger partial charge < -0.3 is 15.4 Å². The molecule has 0 bridgehead atoms. The smallest absolute Gasteiger partial charge is 0.0616 e. The molecule has 0 amide bonds. The maximum atomic E-state index is 8.32. The van der Waals surface area contributed by atoms with Crippen molar-refractivity contribution in [1.82, 2.24) is 0 Å². The third-order valence-electron chi connectivity index (χ3n) is 0.942. The highest BCUT2D eigenvalue weighted by Gasteiger charge is 1.96. The molecule has 0 saturated heterocycles. The van der Waals surface area contributed by atoms with Gasteiger partial charge in [-0.25, -0.2) is 0 Å². The molecular weight excluding hydrogens is 122 g/mol. The summed E-state index contributed by atoms with van der Waals surface area (Å²) < 4.78 is 0. The first-order chi connectivity index (χ1) is 4.35. The summed E-state index contributed by atoms with van der Waals surface area (Å²) in [6.07, 6.45) is 0.661. The fourth-order valence-corrected chi connectivity index (χ4v) is 0.483. The molecule has 3 N–H and O–H groups in total. The second-order valence-electron chi connectivity index (χ2n) is 1.61. The van der Waals surface area contributed by atoms with Crippen LogP contribution in [0, 0.1) is 0 Å². The van der Waals surface area contributed by atoms with Gasteiger partial charge in [0.05, 0.1) is 5.71 Å². The van der Waals surface area contributed by atoms with E-state index >= 15 is 0 Å². The van der Waals surface area contributed by atoms with E-state index in [-0.39, 0.29) is 13.2 Å². The Morgan fingerprint density at radius 1 is 1.11 bits per heavy atom. The van der Waals surface area contributed by atoms with Crippen LogP contribution in [0.4, 0.5) is 0 Å². The van der Waals surface area contributed by atoms with E-state index < -0.39 is 0 Å². The van der Waals surface area contributed by atoms with Crippen molar-refractivity contribution in [2.45, 2.75) is 12.8 Å². The SMILES string of the molecule is OCCC(CCO)=NO. The molecule has 54 valence electrons. The number of oxime groups is 1. The van der Waals surface area contributed by atoms with Crippen molar-refractivity contribution >= 4 is 5.71 Å². The lowest BCUT2D eigenvalue weighted by Crippen LogP contribution is -2.03. The first kappa shape index (κ1) is 8.39. The molecule has 0 rings (SSSR count). The summed E-state index contributed by atoms with van der Waals surface area (Å²) in [5.74, 6) is 0. The first-order valence-electron chi connectivity index (χ1n) is 2.76. The summed E-state index contributed by atoms with van der Waals surface area (Å²) in [7, 11) is 0. The zero-order valence-corrected chi connectivity index (χ0v) is 5.12. The van der Waals surface area contributed by atoms with Crippen molar-refractivity contribution in [3.8, 4) is 0 Å². The van der Waals surface area contributed by atoms with E-state index in [1.807, 2.05) is 0 Å². The average Bonchev–Trinajstić information content (AvgIpc) is 1.88. The van der Waals surface area contributed by atoms with Crippen LogP contribution in [0.1, 0.15) is 12.8 Å². The molecule has 0 aromatic heterocycles. The Morgan fingerprint density at radius 3 is 1.78 bits per heavy atom. The van der Waals surface area contributed by atoms with Crippen LogP contribution in [0.2, 0.25) is 0 Å². The van der Waals surface area contributed by atoms with Crippen LogP contribution < -0.4 is 0 Å². The molecule has 0 aromatic rings. The van der Waals surface area contributed by atoms with Crippen molar-refractivity contribution in [3.63, 3.8) is 0 Å². The van der Waals surface area contributed by atoms with Crippen LogP contribution in [0.25, 0.3) is 0 Å². The zero-order chi connectivity index (χ0) is 7.11. The molecule has 0 heterocycles. The number of hydrogen-bond acceptors (Lipinski definition) is 4. The van der Waals surface area contributed by atoms with E-state index in [0.29, 0.717) is 18.6 Å². The largest absolute Gasteiger partial charge is 0.411 e. The molecular formula is C5H11NO3. The standard InChI is InChI=1S/C5H11NO3/c7-3-1-5(6-9)2-4-8/h7-9H,1-4H2. The predicted octanol–water partition coefficient (Wildman–Crippen LogP) is -0.419. The van der Waals surface area contributed by atoms with Crippen molar-refractivity contribution in [2.24, 2.45) is 5.16 Å². The number of nitrogens with zero attached hydrogens (tertiary/aromatic N) is 1. The van der Waals surface area contributed by atoms with Crippen molar-refractivity contribution < 1.29 is 15.4 Å². The summed E-state index contributed by atoms with van der Waals surface area (Å²) in [6, 6.07) is 0. The number of hydrogen-bond donors (Lipinski definition) is 3. The highest BCUT2D eigenvalue weighted by molar-refractivity contribution is 5.83. The van der Waals surface area contributed by atoms with Crippen LogP contribution in [0.15, 0.2) is 5.16 Å². The molecule has 0 aliphatic carbocycles. The van der Waals surface area contributed by atoms with Gasteiger partial charge in [0.15, 0.2) is 0 Å². The normalized spacial score (nSPS) is 9.11. The van der Waals surface area contributed by atoms with Crippen LogP contribution >= 0.6 is 0 Å². The van der Waals surface area contributed by atoms with E-state index in [1.165, 1.54) is 0 Å². The Labute approximate surface area is 53.4 Å². The van der Waals surface area contributed by atoms with E-state index in [9.17, 15) is 0 Å². The van der Waals surface area contributed by atoms with Gasteiger partial charge in [0.25, 0.3) is 0 Å². The second kappa shape index (κ2) is 5.53. The molecule has 4 heteroatoms. The Bertz CT molecular complexity index is 84.2. The topological polar surface area (TPSA) is 73.0 Å². The second-order valence-corrected chi connectivity index (χ2v) is 1.61. The lowest BCUT2D eigenvalue weighted by Gasteiger charge is -1.96. The zero-order valence-electron chi connectivity index (χ0n) is 5.12. The monoisotopic (exact) mass is 133 g/mol. The minimum Gasteiger partial charge on any atom is -0.411 e. The highest BCUT2D eigenvalue weighted by Crippen LogP contribution is 1.89. The number of rotatable bonds is 4. The van der Waals surface area contributed by atoms with Crippen molar-refractivity contribution in [3.05, 3.63) is 0 Å². The van der Waals surface area contributed by atoms with Crippen LogP contribution in [-0.2, 0) is 0 Å². The summed E-state index contributed by atoms with van der Waals surface area (Å²) in [5.41, 5.74) is 0.431. The van der Waals surface area contributed by atoms with Gasteiger partial charge in [0.1, 0.15) is 0 Å². The lowest BCUT2D eigenvalue weighted by molar-refractivity contribution is 0.280. The molecule has 0 saturated carbocycles. The molecule has 0 aromatic carbocycles. The maximum Gasteiger partial charge on any atom is 0.0616 e. The molecule has 0 spiro atoms. The number of aliphatic hydroxyl groups is 2. The first-order valence-corrected chi connectivity index (χ1v) is 2.76. The lowest BCUT2D eigenvalue weighted by atomic mass is 10.2. The third-order valence-corrected chi connectivity index (χ3v) is 0.942. The quantitative estimate of drug-likeness (QED) is 0.277. The van der Waals surface area contributed by atoms with Crippen molar-refractivity contribution in [2.75, 3.05) is 13.2 Å². The van der Waals surface area contributed by atoms with Gasteiger partial charge in [-0.15, -0.1) is 0 Å². The van der Waals surface area contributed by atoms with Crippen LogP contribution in [0.5, 0.6) is 0 Å². The fourth-order valence-electron chi connectivity index (χ4n) is 0.483. The van der Waals surface area contributed by atoms with Gasteiger partial charge in [0, 0.05) is 26.1 Å². The van der Waals surface area contributed by atoms with Gasteiger partial charge in [-0.2, -0.15) is 0 Å². The fraction of sp³-hybridized carbons (Fsp3) is 0.800. The third kappa shape index (κ3) is 3.93. The van der Waals surface area contributed by atoms with Gasteiger partial charge >= 0.3 is 0 Å². The average molecular weight is 133 g/mol. The minimum absolute atomic E-state index is 0.0423. The van der Waals surface area contributed by atoms with E-state index in [1.54, 1.807) is 0 Å². The van der Waals surface area contributed by atoms with E-state index in [2.05, 4.69) is 5.16 Å². The molecule has 9 heavy (non-hydrogen) atoms. The summed E-state index contributed by atoms with van der Waals surface area (Å²) in [4.78, 5) is 0. The Kier molecular flexibility index (Phi) is 5.15. The molecule has 0 radical (unpaired) electrons. The van der Waals surface area contributed by atoms with Crippen LogP contribution in [0.3, 0.4) is 0 Å². The summed E-state index contributed by atoms with van der Waals surface area (Å²) in [6.45, 7) is -0.0845. The predicted molar refractivity (Wildman–Crippen MR) is 32.6 cm³/mol. The van der Waals surface area contributed by atoms with Crippen LogP contribution in [-0.4, -0.2) is 34.3 Å². The summed E-state index contributed by atoms with van der Waals surface area (Å²) in [5, 5.41) is 27.7. The Balaban J connectivity index is 3.43. The minimum atomic E-state index is -0.0423. The molecule has 0 aliphatic rings. The molecule has 0 aliphatic heterocycles. The van der Waals surface area contributed by atoms with Crippen molar-refractivity contribution in [1.29, 1.82) is 0 Å². The maximum absolute atomic E-state index is 8.32. The summed E-state index contributed by atoms with van der Waals surface area (Å²) >= 11 is 0. The van der Waals surface area contributed by atoms with E-state index in [0.717, 1.165) is 0 Å². The number of aliphatic hydroxyl groups excluding tert-OH is 2. The molecule has 0 atom stereocenters. The Morgan fingerprint density at radius 2 is 1.56 bits per heavy atom. The molecule has 0 unspecified atom stereocenters. The van der Waals surface area contributed by atoms with Gasteiger partial charge in [0.2, 0.25) is 0 Å².